The van der Waals surface area contributed by atoms with E-state index < -0.39 is 35.4 Å². The van der Waals surface area contributed by atoms with E-state index in [2.05, 4.69) is 15.3 Å². The van der Waals surface area contributed by atoms with Gasteiger partial charge in [-0.25, -0.2) is 14.4 Å². The van der Waals surface area contributed by atoms with Crippen LogP contribution in [-0.2, 0) is 17.1 Å². The number of halogens is 3. The molecule has 1 N–H and O–H groups in total. The Morgan fingerprint density at radius 1 is 1.18 bits per heavy atom. The molecule has 0 aliphatic heterocycles. The van der Waals surface area contributed by atoms with Crippen LogP contribution in [0.25, 0.3) is 0 Å². The molecule has 1 heterocycles. The Morgan fingerprint density at radius 3 is 2.59 bits per heavy atom. The predicted octanol–water partition coefficient (Wildman–Crippen LogP) is 5.11. The molecule has 0 spiro atoms. The monoisotopic (exact) mass is 487 g/mol. The van der Waals surface area contributed by atoms with Gasteiger partial charge in [-0.15, -0.1) is 0 Å². The molecule has 1 amide bonds. The minimum atomic E-state index is -3.33. The summed E-state index contributed by atoms with van der Waals surface area (Å²) < 4.78 is 58.0. The molecule has 0 saturated heterocycles. The molecule has 1 aliphatic rings. The van der Waals surface area contributed by atoms with E-state index in [4.69, 9.17) is 0 Å². The molecule has 0 radical (unpaired) electrons. The molecule has 1 fully saturated rings. The number of hydrogen-bond acceptors (Lipinski definition) is 4. The molecule has 4 rings (SSSR count). The standard InChI is InChI=1S/C25H24F3N3O2S/c1-14-7-10-19(15(2)11-14)25(27,28)13-30-24(32)23-21(12-29-16(3)31-23)34(33)20-6-4-5-18(22(20)26)17-8-9-17/h4-7,10-12,17H,8-9,13H2,1-3H3,(H,30,32). The van der Waals surface area contributed by atoms with Crippen molar-refractivity contribution >= 4 is 17.1 Å². The average Bonchev–Trinajstić information content (AvgIpc) is 3.62. The number of carbonyl (C=O) groups excluding carboxylic acids is 1. The third-order valence-electron chi connectivity index (χ3n) is 5.75. The summed E-state index contributed by atoms with van der Waals surface area (Å²) in [6.07, 6.45) is 2.91. The first-order valence-electron chi connectivity index (χ1n) is 10.9. The van der Waals surface area contributed by atoms with Crippen molar-refractivity contribution in [3.05, 3.63) is 82.2 Å². The van der Waals surface area contributed by atoms with Crippen LogP contribution in [0.2, 0.25) is 0 Å². The largest absolute Gasteiger partial charge is 0.606 e. The van der Waals surface area contributed by atoms with Crippen molar-refractivity contribution in [3.63, 3.8) is 0 Å². The topological polar surface area (TPSA) is 77.9 Å². The van der Waals surface area contributed by atoms with Gasteiger partial charge in [-0.3, -0.25) is 4.79 Å². The zero-order valence-corrected chi connectivity index (χ0v) is 19.8. The quantitative estimate of drug-likeness (QED) is 0.470. The Morgan fingerprint density at radius 2 is 1.91 bits per heavy atom. The van der Waals surface area contributed by atoms with Gasteiger partial charge in [0.05, 0.1) is 12.7 Å². The van der Waals surface area contributed by atoms with Gasteiger partial charge in [-0.1, -0.05) is 35.9 Å². The highest BCUT2D eigenvalue weighted by Crippen LogP contribution is 2.42. The van der Waals surface area contributed by atoms with Crippen molar-refractivity contribution in [1.82, 2.24) is 15.3 Å². The van der Waals surface area contributed by atoms with Gasteiger partial charge in [0, 0.05) is 16.7 Å². The van der Waals surface area contributed by atoms with E-state index in [0.29, 0.717) is 11.1 Å². The first-order chi connectivity index (χ1) is 16.1. The summed E-state index contributed by atoms with van der Waals surface area (Å²) in [7, 11) is 0. The van der Waals surface area contributed by atoms with Crippen molar-refractivity contribution in [2.45, 2.75) is 55.2 Å². The molecule has 34 heavy (non-hydrogen) atoms. The summed E-state index contributed by atoms with van der Waals surface area (Å²) in [4.78, 5) is 20.7. The second kappa shape index (κ2) is 9.38. The Bertz CT molecular complexity index is 1250. The number of aryl methyl sites for hydroxylation is 3. The highest BCUT2D eigenvalue weighted by Gasteiger charge is 2.36. The molecule has 1 atom stereocenters. The third kappa shape index (κ3) is 4.95. The van der Waals surface area contributed by atoms with Gasteiger partial charge in [0.15, 0.2) is 16.4 Å². The first kappa shape index (κ1) is 24.2. The van der Waals surface area contributed by atoms with Crippen LogP contribution in [-0.4, -0.2) is 27.0 Å². The van der Waals surface area contributed by atoms with Gasteiger partial charge in [-0.05, 0) is 56.7 Å². The van der Waals surface area contributed by atoms with Crippen LogP contribution in [0.4, 0.5) is 13.2 Å². The number of benzene rings is 2. The molecule has 1 aliphatic carbocycles. The lowest BCUT2D eigenvalue weighted by Crippen LogP contribution is -2.36. The van der Waals surface area contributed by atoms with Gasteiger partial charge in [-0.2, -0.15) is 8.78 Å². The average molecular weight is 488 g/mol. The smallest absolute Gasteiger partial charge is 0.290 e. The summed E-state index contributed by atoms with van der Waals surface area (Å²) in [5.74, 6) is -4.56. The van der Waals surface area contributed by atoms with E-state index in [-0.39, 0.29) is 32.8 Å². The zero-order valence-electron chi connectivity index (χ0n) is 19.0. The number of nitrogens with zero attached hydrogens (tertiary/aromatic N) is 2. The third-order valence-corrected chi connectivity index (χ3v) is 7.16. The summed E-state index contributed by atoms with van der Waals surface area (Å²) in [6.45, 7) is 3.93. The van der Waals surface area contributed by atoms with E-state index in [0.717, 1.165) is 18.4 Å². The van der Waals surface area contributed by atoms with Gasteiger partial charge < -0.3 is 9.87 Å². The molecule has 3 aromatic rings. The van der Waals surface area contributed by atoms with Crippen molar-refractivity contribution < 1.29 is 22.5 Å². The maximum atomic E-state index is 15.0. The SMILES string of the molecule is Cc1ccc(C(F)(F)CNC(=O)c2nc(C)ncc2[S+]([O-])c2cccc(C3CC3)c2F)c(C)c1. The molecule has 1 saturated carbocycles. The van der Waals surface area contributed by atoms with Crippen LogP contribution < -0.4 is 5.32 Å². The fourth-order valence-corrected chi connectivity index (χ4v) is 5.03. The molecule has 1 unspecified atom stereocenters. The summed E-state index contributed by atoms with van der Waals surface area (Å²) in [5.41, 5.74) is 1.23. The molecule has 178 valence electrons. The Labute approximate surface area is 199 Å². The van der Waals surface area contributed by atoms with Crippen molar-refractivity contribution in [2.24, 2.45) is 0 Å². The van der Waals surface area contributed by atoms with Gasteiger partial charge >= 0.3 is 0 Å². The van der Waals surface area contributed by atoms with E-state index in [9.17, 15) is 18.1 Å². The second-order valence-electron chi connectivity index (χ2n) is 8.54. The summed E-state index contributed by atoms with van der Waals surface area (Å²) in [5, 5.41) is 2.20. The van der Waals surface area contributed by atoms with Crippen molar-refractivity contribution in [3.8, 4) is 0 Å². The fourth-order valence-electron chi connectivity index (χ4n) is 3.85. The molecule has 9 heteroatoms. The number of aromatic nitrogens is 2. The highest BCUT2D eigenvalue weighted by molar-refractivity contribution is 7.91. The fraction of sp³-hybridized carbons (Fsp3) is 0.320. The lowest BCUT2D eigenvalue weighted by molar-refractivity contribution is -0.00315. The summed E-state index contributed by atoms with van der Waals surface area (Å²) in [6, 6.07) is 9.21. The van der Waals surface area contributed by atoms with Crippen LogP contribution in [0.3, 0.4) is 0 Å². The molecule has 0 bridgehead atoms. The highest BCUT2D eigenvalue weighted by atomic mass is 32.2. The summed E-state index contributed by atoms with van der Waals surface area (Å²) >= 11 is -2.11. The first-order valence-corrected chi connectivity index (χ1v) is 12.0. The van der Waals surface area contributed by atoms with Crippen LogP contribution in [0.1, 0.15) is 57.3 Å². The minimum absolute atomic E-state index is 0.0912. The second-order valence-corrected chi connectivity index (χ2v) is 9.96. The number of rotatable bonds is 7. The molecule has 5 nitrogen and oxygen atoms in total. The van der Waals surface area contributed by atoms with Gasteiger partial charge in [0.1, 0.15) is 5.82 Å². The Balaban J connectivity index is 1.59. The van der Waals surface area contributed by atoms with Gasteiger partial charge in [0.2, 0.25) is 4.90 Å². The molecule has 2 aromatic carbocycles. The Hall–Kier alpha value is -2.91. The maximum absolute atomic E-state index is 15.0. The van der Waals surface area contributed by atoms with Crippen molar-refractivity contribution in [1.29, 1.82) is 0 Å². The number of amides is 1. The lowest BCUT2D eigenvalue weighted by Gasteiger charge is -2.20. The number of nitrogens with one attached hydrogen (secondary N) is 1. The predicted molar refractivity (Wildman–Crippen MR) is 122 cm³/mol. The molecular weight excluding hydrogens is 463 g/mol. The number of hydrogen-bond donors (Lipinski definition) is 1. The van der Waals surface area contributed by atoms with E-state index in [1.165, 1.54) is 25.3 Å². The van der Waals surface area contributed by atoms with E-state index >= 15 is 4.39 Å². The normalized spacial score (nSPS) is 14.7. The zero-order chi connectivity index (χ0) is 24.6. The number of carbonyl (C=O) groups is 1. The maximum Gasteiger partial charge on any atom is 0.290 e. The van der Waals surface area contributed by atoms with Crippen LogP contribution in [0.15, 0.2) is 52.4 Å². The molecular formula is C25H24F3N3O2S. The van der Waals surface area contributed by atoms with Crippen molar-refractivity contribution in [2.75, 3.05) is 6.54 Å². The van der Waals surface area contributed by atoms with E-state index in [1.807, 2.05) is 0 Å². The van der Waals surface area contributed by atoms with Crippen LogP contribution >= 0.6 is 0 Å². The Kier molecular flexibility index (Phi) is 6.69. The van der Waals surface area contributed by atoms with E-state index in [1.54, 1.807) is 38.1 Å². The van der Waals surface area contributed by atoms with Gasteiger partial charge in [0.25, 0.3) is 11.8 Å². The minimum Gasteiger partial charge on any atom is -0.606 e. The van der Waals surface area contributed by atoms with Crippen LogP contribution in [0.5, 0.6) is 0 Å². The van der Waals surface area contributed by atoms with Crippen LogP contribution in [0, 0.1) is 26.6 Å². The molecule has 1 aromatic heterocycles. The lowest BCUT2D eigenvalue weighted by atomic mass is 10.0. The number of alkyl halides is 2.